The van der Waals surface area contributed by atoms with Crippen molar-refractivity contribution in [1.82, 2.24) is 14.3 Å². The van der Waals surface area contributed by atoms with E-state index in [1.807, 2.05) is 48.5 Å². The van der Waals surface area contributed by atoms with E-state index in [1.54, 1.807) is 29.1 Å². The largest absolute Gasteiger partial charge is 0.348 e. The summed E-state index contributed by atoms with van der Waals surface area (Å²) in [5, 5.41) is 7.24. The fraction of sp³-hybridized carbons (Fsp3) is 0.0385. The molecule has 2 heterocycles. The van der Waals surface area contributed by atoms with Gasteiger partial charge in [0.25, 0.3) is 11.5 Å². The summed E-state index contributed by atoms with van der Waals surface area (Å²) in [6.45, 7) is 0.476. The van der Waals surface area contributed by atoms with E-state index >= 15 is 0 Å². The highest BCUT2D eigenvalue weighted by Gasteiger charge is 2.24. The fourth-order valence-corrected chi connectivity index (χ4v) is 3.69. The minimum atomic E-state index is -0.438. The Labute approximate surface area is 188 Å². The van der Waals surface area contributed by atoms with E-state index in [0.29, 0.717) is 29.2 Å². The van der Waals surface area contributed by atoms with Crippen LogP contribution >= 0.6 is 0 Å². The van der Waals surface area contributed by atoms with Crippen LogP contribution in [0.3, 0.4) is 0 Å². The molecule has 0 saturated heterocycles. The number of amides is 1. The van der Waals surface area contributed by atoms with Crippen LogP contribution in [0.5, 0.6) is 0 Å². The maximum Gasteiger partial charge on any atom is 0.282 e. The number of pyridine rings is 1. The van der Waals surface area contributed by atoms with Gasteiger partial charge < -0.3 is 9.88 Å². The van der Waals surface area contributed by atoms with Crippen molar-refractivity contribution < 1.29 is 9.18 Å². The van der Waals surface area contributed by atoms with Gasteiger partial charge in [-0.2, -0.15) is 9.78 Å². The Hall–Kier alpha value is -4.52. The average Bonchev–Trinajstić information content (AvgIpc) is 3.17. The van der Waals surface area contributed by atoms with Crippen LogP contribution in [0.1, 0.15) is 15.9 Å². The molecule has 1 amide bonds. The number of para-hydroxylation sites is 1. The second-order valence-corrected chi connectivity index (χ2v) is 7.61. The maximum atomic E-state index is 13.3. The maximum absolute atomic E-state index is 13.3. The van der Waals surface area contributed by atoms with E-state index in [4.69, 9.17) is 0 Å². The van der Waals surface area contributed by atoms with Crippen LogP contribution in [0, 0.1) is 5.82 Å². The lowest BCUT2D eigenvalue weighted by atomic mass is 10.1. The van der Waals surface area contributed by atoms with Crippen LogP contribution in [0.2, 0.25) is 0 Å². The van der Waals surface area contributed by atoms with Gasteiger partial charge in [-0.05, 0) is 42.0 Å². The summed E-state index contributed by atoms with van der Waals surface area (Å²) in [5.74, 6) is -0.833. The van der Waals surface area contributed by atoms with Crippen LogP contribution in [-0.2, 0) is 6.54 Å². The molecular formula is C26H19FN4O2. The zero-order valence-corrected chi connectivity index (χ0v) is 17.5. The van der Waals surface area contributed by atoms with Crippen LogP contribution < -0.4 is 10.9 Å². The fourth-order valence-electron chi connectivity index (χ4n) is 3.69. The number of aromatic nitrogens is 3. The van der Waals surface area contributed by atoms with Crippen molar-refractivity contribution in [2.75, 3.05) is 5.32 Å². The second-order valence-electron chi connectivity index (χ2n) is 7.61. The summed E-state index contributed by atoms with van der Waals surface area (Å²) in [6, 6.07) is 24.3. The van der Waals surface area contributed by atoms with Gasteiger partial charge in [-0.1, -0.05) is 48.5 Å². The predicted molar refractivity (Wildman–Crippen MR) is 124 cm³/mol. The standard InChI is InChI=1S/C26H19FN4O2/c27-19-11-13-20(14-12-19)28-25(32)22-16-30(15-18-7-3-1-4-8-18)17-23-24(22)29-31(26(23)33)21-9-5-2-6-10-21/h1-14,16-17H,15H2,(H,28,32). The number of anilines is 1. The lowest BCUT2D eigenvalue weighted by Gasteiger charge is -2.13. The molecule has 0 saturated carbocycles. The highest BCUT2D eigenvalue weighted by atomic mass is 19.1. The third-order valence-electron chi connectivity index (χ3n) is 5.28. The van der Waals surface area contributed by atoms with Crippen LogP contribution in [0.25, 0.3) is 16.9 Å². The highest BCUT2D eigenvalue weighted by Crippen LogP contribution is 2.24. The molecule has 2 aliphatic heterocycles. The first-order chi connectivity index (χ1) is 16.1. The summed E-state index contributed by atoms with van der Waals surface area (Å²) in [4.78, 5) is 26.4. The van der Waals surface area contributed by atoms with Gasteiger partial charge in [0.2, 0.25) is 0 Å². The molecule has 162 valence electrons. The Kier molecular flexibility index (Phi) is 5.28. The summed E-state index contributed by atoms with van der Waals surface area (Å²) >= 11 is 0. The van der Waals surface area contributed by atoms with Crippen molar-refractivity contribution in [3.63, 3.8) is 0 Å². The molecule has 0 fully saturated rings. The third-order valence-corrected chi connectivity index (χ3v) is 5.28. The quantitative estimate of drug-likeness (QED) is 0.437. The number of carbonyl (C=O) groups excluding carboxylic acids is 1. The van der Waals surface area contributed by atoms with Crippen LogP contribution in [0.4, 0.5) is 10.1 Å². The molecular weight excluding hydrogens is 419 g/mol. The first kappa shape index (κ1) is 20.4. The number of nitrogens with one attached hydrogen (secondary N) is 1. The molecule has 2 aliphatic rings. The van der Waals surface area contributed by atoms with E-state index in [2.05, 4.69) is 10.4 Å². The number of rotatable bonds is 5. The number of hydrogen-bond acceptors (Lipinski definition) is 3. The van der Waals surface area contributed by atoms with Gasteiger partial charge in [0.15, 0.2) is 0 Å². The van der Waals surface area contributed by atoms with E-state index in [-0.39, 0.29) is 11.1 Å². The predicted octanol–water partition coefficient (Wildman–Crippen LogP) is 4.58. The summed E-state index contributed by atoms with van der Waals surface area (Å²) in [5.41, 5.74) is 2.65. The molecule has 0 aliphatic carbocycles. The van der Waals surface area contributed by atoms with Gasteiger partial charge in [0.05, 0.1) is 16.8 Å². The first-order valence-corrected chi connectivity index (χ1v) is 10.4. The summed E-state index contributed by atoms with van der Waals surface area (Å²) in [7, 11) is 0. The number of carbonyl (C=O) groups is 1. The van der Waals surface area contributed by atoms with E-state index < -0.39 is 11.7 Å². The van der Waals surface area contributed by atoms with Crippen LogP contribution in [-0.4, -0.2) is 20.3 Å². The number of halogens is 1. The zero-order valence-electron chi connectivity index (χ0n) is 17.5. The number of fused-ring (bicyclic) bond motifs is 1. The van der Waals surface area contributed by atoms with Crippen LogP contribution in [0.15, 0.2) is 102 Å². The molecule has 5 rings (SSSR count). The van der Waals surface area contributed by atoms with E-state index in [1.165, 1.54) is 28.9 Å². The molecule has 0 unspecified atom stereocenters. The second kappa shape index (κ2) is 8.55. The van der Waals surface area contributed by atoms with Crippen molar-refractivity contribution in [3.05, 3.63) is 125 Å². The van der Waals surface area contributed by atoms with Gasteiger partial charge in [-0.25, -0.2) is 4.39 Å². The molecule has 6 nitrogen and oxygen atoms in total. The van der Waals surface area contributed by atoms with Crippen molar-refractivity contribution in [1.29, 1.82) is 0 Å². The summed E-state index contributed by atoms with van der Waals surface area (Å²) in [6.07, 6.45) is 3.39. The van der Waals surface area contributed by atoms with Gasteiger partial charge >= 0.3 is 0 Å². The van der Waals surface area contributed by atoms with Crippen molar-refractivity contribution >= 4 is 11.6 Å². The average molecular weight is 438 g/mol. The molecule has 0 bridgehead atoms. The van der Waals surface area contributed by atoms with Gasteiger partial charge in [-0.3, -0.25) is 9.59 Å². The third kappa shape index (κ3) is 4.16. The zero-order chi connectivity index (χ0) is 22.8. The monoisotopic (exact) mass is 438 g/mol. The normalized spacial score (nSPS) is 10.9. The van der Waals surface area contributed by atoms with Gasteiger partial charge in [-0.15, -0.1) is 0 Å². The molecule has 0 radical (unpaired) electrons. The molecule has 7 heteroatoms. The first-order valence-electron chi connectivity index (χ1n) is 10.4. The Morgan fingerprint density at radius 2 is 1.55 bits per heavy atom. The number of benzene rings is 3. The van der Waals surface area contributed by atoms with Crippen molar-refractivity contribution in [3.8, 4) is 16.9 Å². The molecule has 3 aromatic rings. The minimum Gasteiger partial charge on any atom is -0.348 e. The Bertz CT molecular complexity index is 1440. The molecule has 3 aromatic carbocycles. The molecule has 33 heavy (non-hydrogen) atoms. The summed E-state index contributed by atoms with van der Waals surface area (Å²) < 4.78 is 16.4. The number of hydrogen-bond donors (Lipinski definition) is 1. The number of nitrogens with zero attached hydrogens (tertiary/aromatic N) is 3. The molecule has 1 N–H and O–H groups in total. The molecule has 0 spiro atoms. The highest BCUT2D eigenvalue weighted by molar-refractivity contribution is 6.08. The van der Waals surface area contributed by atoms with E-state index in [9.17, 15) is 14.0 Å². The van der Waals surface area contributed by atoms with Crippen molar-refractivity contribution in [2.45, 2.75) is 6.54 Å². The lowest BCUT2D eigenvalue weighted by Crippen LogP contribution is -2.18. The molecule has 0 aromatic heterocycles. The Balaban J connectivity index is 1.62. The Morgan fingerprint density at radius 3 is 2.24 bits per heavy atom. The Morgan fingerprint density at radius 1 is 0.879 bits per heavy atom. The topological polar surface area (TPSA) is 68.9 Å². The smallest absolute Gasteiger partial charge is 0.282 e. The minimum absolute atomic E-state index is 0.250. The van der Waals surface area contributed by atoms with Gasteiger partial charge in [0, 0.05) is 24.6 Å². The SMILES string of the molecule is O=C(Nc1ccc(F)cc1)c1cn(Cc2ccccc2)cc2c(=O)n(-c3ccccc3)nc1-2. The van der Waals surface area contributed by atoms with Crippen molar-refractivity contribution in [2.24, 2.45) is 0 Å². The van der Waals surface area contributed by atoms with E-state index in [0.717, 1.165) is 5.56 Å². The lowest BCUT2D eigenvalue weighted by molar-refractivity contribution is 0.102. The molecule has 0 atom stereocenters. The van der Waals surface area contributed by atoms with Gasteiger partial charge in [0.1, 0.15) is 11.5 Å².